The van der Waals surface area contributed by atoms with Crippen LogP contribution >= 0.6 is 0 Å². The summed E-state index contributed by atoms with van der Waals surface area (Å²) in [6, 6.07) is 0.659. The Balaban J connectivity index is 1.97. The minimum atomic E-state index is -0.577. The molecule has 2 aliphatic rings. The predicted octanol–water partition coefficient (Wildman–Crippen LogP) is 2.22. The number of rotatable bonds is 3. The topological polar surface area (TPSA) is 40.5 Å². The number of fused-ring (bicyclic) bond motifs is 2. The van der Waals surface area contributed by atoms with Crippen LogP contribution in [0.25, 0.3) is 0 Å². The highest BCUT2D eigenvalue weighted by atomic mass is 16.4. The number of likely N-dealkylation sites (tertiary alicyclic amines) is 1. The fourth-order valence-corrected chi connectivity index (χ4v) is 3.42. The van der Waals surface area contributed by atoms with E-state index in [4.69, 9.17) is 5.11 Å². The van der Waals surface area contributed by atoms with Gasteiger partial charge in [-0.3, -0.25) is 4.79 Å². The van der Waals surface area contributed by atoms with Crippen molar-refractivity contribution in [3.63, 3.8) is 0 Å². The first kappa shape index (κ1) is 11.9. The summed E-state index contributed by atoms with van der Waals surface area (Å²) in [6.45, 7) is 6.76. The molecule has 0 amide bonds. The molecule has 92 valence electrons. The number of aliphatic carboxylic acids is 1. The van der Waals surface area contributed by atoms with Gasteiger partial charge in [-0.25, -0.2) is 0 Å². The second kappa shape index (κ2) is 4.74. The number of hydrogen-bond donors (Lipinski definition) is 1. The molecule has 1 saturated heterocycles. The summed E-state index contributed by atoms with van der Waals surface area (Å²) in [5, 5.41) is 9.10. The number of carboxylic acids is 1. The van der Waals surface area contributed by atoms with Gasteiger partial charge in [0.15, 0.2) is 0 Å². The summed E-state index contributed by atoms with van der Waals surface area (Å²) >= 11 is 0. The summed E-state index contributed by atoms with van der Waals surface area (Å²) in [5.74, 6) is 0.611. The monoisotopic (exact) mass is 225 g/mol. The fraction of sp³-hybridized carbons (Fsp3) is 0.923. The average molecular weight is 225 g/mol. The predicted molar refractivity (Wildman–Crippen MR) is 63.3 cm³/mol. The number of nitrogens with zero attached hydrogens (tertiary/aromatic N) is 1. The van der Waals surface area contributed by atoms with Gasteiger partial charge >= 0.3 is 5.97 Å². The first-order chi connectivity index (χ1) is 7.60. The molecule has 0 aromatic rings. The second-order valence-corrected chi connectivity index (χ2v) is 5.69. The Morgan fingerprint density at radius 2 is 1.88 bits per heavy atom. The number of carbonyl (C=O) groups is 1. The normalized spacial score (nSPS) is 37.0. The lowest BCUT2D eigenvalue weighted by Crippen LogP contribution is -2.48. The zero-order valence-corrected chi connectivity index (χ0v) is 10.4. The Morgan fingerprint density at radius 3 is 2.31 bits per heavy atom. The van der Waals surface area contributed by atoms with Crippen LogP contribution in [0.1, 0.15) is 39.5 Å². The Bertz CT molecular complexity index is 253. The molecule has 1 saturated carbocycles. The Kier molecular flexibility index (Phi) is 3.53. The first-order valence-corrected chi connectivity index (χ1v) is 6.57. The van der Waals surface area contributed by atoms with Gasteiger partial charge in [-0.15, -0.1) is 0 Å². The third-order valence-corrected chi connectivity index (χ3v) is 4.45. The maximum absolute atomic E-state index is 11.0. The van der Waals surface area contributed by atoms with E-state index in [1.165, 1.54) is 12.8 Å². The Hall–Kier alpha value is -0.570. The van der Waals surface area contributed by atoms with Crippen molar-refractivity contribution in [3.8, 4) is 0 Å². The molecule has 0 radical (unpaired) electrons. The molecule has 3 nitrogen and oxygen atoms in total. The summed E-state index contributed by atoms with van der Waals surface area (Å²) in [6.07, 6.45) is 4.26. The highest BCUT2D eigenvalue weighted by Crippen LogP contribution is 2.38. The molecule has 3 unspecified atom stereocenters. The highest BCUT2D eigenvalue weighted by Gasteiger charge is 2.38. The van der Waals surface area contributed by atoms with Gasteiger partial charge in [0.25, 0.3) is 0 Å². The van der Waals surface area contributed by atoms with Gasteiger partial charge < -0.3 is 10.0 Å². The minimum absolute atomic E-state index is 0.0668. The van der Waals surface area contributed by atoms with Crippen LogP contribution < -0.4 is 0 Å². The van der Waals surface area contributed by atoms with Crippen molar-refractivity contribution in [3.05, 3.63) is 0 Å². The maximum atomic E-state index is 11.0. The zero-order valence-electron chi connectivity index (χ0n) is 10.4. The molecule has 1 aliphatic heterocycles. The minimum Gasteiger partial charge on any atom is -0.481 e. The summed E-state index contributed by atoms with van der Waals surface area (Å²) in [7, 11) is 0. The molecular weight excluding hydrogens is 202 g/mol. The molecule has 16 heavy (non-hydrogen) atoms. The second-order valence-electron chi connectivity index (χ2n) is 5.69. The van der Waals surface area contributed by atoms with Gasteiger partial charge in [-0.05, 0) is 44.4 Å². The molecule has 1 heterocycles. The van der Waals surface area contributed by atoms with Crippen molar-refractivity contribution >= 4 is 5.97 Å². The molecule has 2 rings (SSSR count). The fourth-order valence-electron chi connectivity index (χ4n) is 3.42. The summed E-state index contributed by atoms with van der Waals surface area (Å²) < 4.78 is 0. The maximum Gasteiger partial charge on any atom is 0.306 e. The third kappa shape index (κ3) is 2.40. The van der Waals surface area contributed by atoms with Crippen LogP contribution in [-0.4, -0.2) is 35.1 Å². The molecule has 2 bridgehead atoms. The van der Waals surface area contributed by atoms with Crippen LogP contribution in [0.2, 0.25) is 0 Å². The van der Waals surface area contributed by atoms with Crippen molar-refractivity contribution < 1.29 is 9.90 Å². The number of hydrogen-bond acceptors (Lipinski definition) is 2. The van der Waals surface area contributed by atoms with Gasteiger partial charge in [-0.1, -0.05) is 6.92 Å². The molecule has 1 aliphatic carbocycles. The highest BCUT2D eigenvalue weighted by molar-refractivity contribution is 5.70. The SMILES string of the molecule is CCC(C)N1CC2CC(CC(C(=O)O)C2)C1. The zero-order chi connectivity index (χ0) is 11.7. The van der Waals surface area contributed by atoms with E-state index in [0.29, 0.717) is 17.9 Å². The lowest BCUT2D eigenvalue weighted by atomic mass is 9.72. The van der Waals surface area contributed by atoms with Crippen molar-refractivity contribution in [2.24, 2.45) is 17.8 Å². The molecule has 0 aromatic heterocycles. The largest absolute Gasteiger partial charge is 0.481 e. The van der Waals surface area contributed by atoms with E-state index in [9.17, 15) is 4.79 Å². The third-order valence-electron chi connectivity index (χ3n) is 4.45. The van der Waals surface area contributed by atoms with Crippen molar-refractivity contribution in [2.75, 3.05) is 13.1 Å². The van der Waals surface area contributed by atoms with Gasteiger partial charge in [0.05, 0.1) is 5.92 Å². The molecule has 2 fully saturated rings. The molecule has 1 N–H and O–H groups in total. The van der Waals surface area contributed by atoms with Gasteiger partial charge in [-0.2, -0.15) is 0 Å². The summed E-state index contributed by atoms with van der Waals surface area (Å²) in [5.41, 5.74) is 0. The van der Waals surface area contributed by atoms with Gasteiger partial charge in [0.1, 0.15) is 0 Å². The molecule has 0 aromatic carbocycles. The van der Waals surface area contributed by atoms with Gasteiger partial charge in [0, 0.05) is 19.1 Å². The van der Waals surface area contributed by atoms with Crippen LogP contribution in [0.4, 0.5) is 0 Å². The van der Waals surface area contributed by atoms with E-state index >= 15 is 0 Å². The molecule has 3 atom stereocenters. The van der Waals surface area contributed by atoms with E-state index in [1.807, 2.05) is 0 Å². The van der Waals surface area contributed by atoms with Crippen molar-refractivity contribution in [2.45, 2.75) is 45.6 Å². The van der Waals surface area contributed by atoms with E-state index in [1.54, 1.807) is 0 Å². The van der Waals surface area contributed by atoms with Crippen LogP contribution in [-0.2, 0) is 4.79 Å². The molecule has 0 spiro atoms. The molecule has 3 heteroatoms. The number of carboxylic acid groups (broad SMARTS) is 1. The van der Waals surface area contributed by atoms with Crippen LogP contribution in [0.3, 0.4) is 0 Å². The standard InChI is InChI=1S/C13H23NO2/c1-3-9(2)14-7-10-4-11(8-14)6-12(5-10)13(15)16/h9-12H,3-8H2,1-2H3,(H,15,16). The first-order valence-electron chi connectivity index (χ1n) is 6.57. The van der Waals surface area contributed by atoms with Crippen molar-refractivity contribution in [1.29, 1.82) is 0 Å². The van der Waals surface area contributed by atoms with E-state index in [-0.39, 0.29) is 5.92 Å². The van der Waals surface area contributed by atoms with Crippen LogP contribution in [0.5, 0.6) is 0 Å². The number of piperidine rings is 1. The average Bonchev–Trinajstić information content (AvgIpc) is 2.26. The smallest absolute Gasteiger partial charge is 0.306 e. The van der Waals surface area contributed by atoms with E-state index < -0.39 is 5.97 Å². The van der Waals surface area contributed by atoms with Crippen LogP contribution in [0, 0.1) is 17.8 Å². The quantitative estimate of drug-likeness (QED) is 0.800. The summed E-state index contributed by atoms with van der Waals surface area (Å²) in [4.78, 5) is 13.6. The molecular formula is C13H23NO2. The lowest BCUT2D eigenvalue weighted by Gasteiger charge is -2.45. The van der Waals surface area contributed by atoms with Crippen molar-refractivity contribution in [1.82, 2.24) is 4.90 Å². The van der Waals surface area contributed by atoms with E-state index in [0.717, 1.165) is 25.9 Å². The van der Waals surface area contributed by atoms with Crippen LogP contribution in [0.15, 0.2) is 0 Å². The lowest BCUT2D eigenvalue weighted by molar-refractivity contribution is -0.145. The van der Waals surface area contributed by atoms with E-state index in [2.05, 4.69) is 18.7 Å². The Morgan fingerprint density at radius 1 is 1.31 bits per heavy atom. The Labute approximate surface area is 97.8 Å². The van der Waals surface area contributed by atoms with Gasteiger partial charge in [0.2, 0.25) is 0 Å².